The number of piperidine rings is 1. The molecule has 1 saturated heterocycles. The molecule has 0 aromatic heterocycles. The first kappa shape index (κ1) is 16.0. The molecular formula is C10H26N2O3Si. The molecule has 0 aromatic carbocycles. The lowest BCUT2D eigenvalue weighted by atomic mass is 9.94. The number of nitrogens with two attached hydrogens (primary N) is 1. The van der Waals surface area contributed by atoms with Gasteiger partial charge in [0.2, 0.25) is 0 Å². The van der Waals surface area contributed by atoms with Gasteiger partial charge in [0.05, 0.1) is 0 Å². The highest BCUT2D eigenvalue weighted by atomic mass is 28.3. The van der Waals surface area contributed by atoms with Crippen LogP contribution in [0.15, 0.2) is 0 Å². The van der Waals surface area contributed by atoms with Crippen LogP contribution in [0.3, 0.4) is 0 Å². The Balaban J connectivity index is 0.000000293. The third-order valence-electron chi connectivity index (χ3n) is 2.66. The standard InChI is InChI=1S/C7H16N2.C3H10O3Si/c1-6(8)7-3-2-4-9-5-7;1-4-7(5-2)6-3/h6-7,9H,2-5,8H2,1H3;7H,1-3H3. The fourth-order valence-electron chi connectivity index (χ4n) is 1.62. The van der Waals surface area contributed by atoms with Gasteiger partial charge in [0, 0.05) is 27.4 Å². The van der Waals surface area contributed by atoms with E-state index < -0.39 is 9.53 Å². The minimum atomic E-state index is -1.67. The summed E-state index contributed by atoms with van der Waals surface area (Å²) >= 11 is 0. The van der Waals surface area contributed by atoms with E-state index >= 15 is 0 Å². The molecule has 0 aliphatic carbocycles. The average molecular weight is 250 g/mol. The summed E-state index contributed by atoms with van der Waals surface area (Å²) < 4.78 is 14.2. The SMILES string of the molecule is CC(N)C1CCCNC1.CO[SiH](OC)OC. The molecule has 1 aliphatic rings. The first-order valence-corrected chi connectivity index (χ1v) is 7.11. The van der Waals surface area contributed by atoms with Crippen molar-refractivity contribution in [2.45, 2.75) is 25.8 Å². The fraction of sp³-hybridized carbons (Fsp3) is 1.00. The second-order valence-corrected chi connectivity index (χ2v) is 5.95. The van der Waals surface area contributed by atoms with E-state index in [1.807, 2.05) is 0 Å². The number of hydrogen-bond acceptors (Lipinski definition) is 5. The van der Waals surface area contributed by atoms with Crippen LogP contribution in [0, 0.1) is 5.92 Å². The molecule has 1 fully saturated rings. The zero-order valence-corrected chi connectivity index (χ0v) is 12.0. The zero-order chi connectivity index (χ0) is 12.4. The van der Waals surface area contributed by atoms with Gasteiger partial charge in [0.25, 0.3) is 0 Å². The van der Waals surface area contributed by atoms with Crippen LogP contribution >= 0.6 is 0 Å². The Labute approximate surface area is 101 Å². The van der Waals surface area contributed by atoms with Gasteiger partial charge in [-0.2, -0.15) is 0 Å². The van der Waals surface area contributed by atoms with Crippen molar-refractivity contribution in [3.63, 3.8) is 0 Å². The molecule has 1 heterocycles. The van der Waals surface area contributed by atoms with Crippen LogP contribution in [0.4, 0.5) is 0 Å². The third kappa shape index (κ3) is 7.32. The zero-order valence-electron chi connectivity index (χ0n) is 10.9. The summed E-state index contributed by atoms with van der Waals surface area (Å²) in [4.78, 5) is 0. The normalized spacial score (nSPS) is 22.5. The van der Waals surface area contributed by atoms with Crippen LogP contribution < -0.4 is 11.1 Å². The van der Waals surface area contributed by atoms with E-state index in [2.05, 4.69) is 12.2 Å². The second-order valence-electron chi connectivity index (χ2n) is 3.96. The molecule has 5 nitrogen and oxygen atoms in total. The average Bonchev–Trinajstić information content (AvgIpc) is 2.33. The lowest BCUT2D eigenvalue weighted by molar-refractivity contribution is 0.163. The van der Waals surface area contributed by atoms with Crippen molar-refractivity contribution in [2.75, 3.05) is 34.4 Å². The van der Waals surface area contributed by atoms with Gasteiger partial charge in [0.1, 0.15) is 0 Å². The summed E-state index contributed by atoms with van der Waals surface area (Å²) in [6.07, 6.45) is 2.61. The minimum absolute atomic E-state index is 0.373. The number of rotatable bonds is 4. The molecule has 0 radical (unpaired) electrons. The van der Waals surface area contributed by atoms with Crippen molar-refractivity contribution < 1.29 is 13.3 Å². The molecule has 3 N–H and O–H groups in total. The van der Waals surface area contributed by atoms with Crippen molar-refractivity contribution >= 4 is 9.53 Å². The van der Waals surface area contributed by atoms with E-state index in [0.29, 0.717) is 6.04 Å². The van der Waals surface area contributed by atoms with Crippen LogP contribution in [-0.4, -0.2) is 50.0 Å². The summed E-state index contributed by atoms with van der Waals surface area (Å²) in [6.45, 7) is 4.40. The Morgan fingerprint density at radius 1 is 1.25 bits per heavy atom. The Morgan fingerprint density at radius 3 is 2.00 bits per heavy atom. The van der Waals surface area contributed by atoms with E-state index in [0.717, 1.165) is 12.5 Å². The Bertz CT molecular complexity index is 145. The van der Waals surface area contributed by atoms with E-state index in [1.165, 1.54) is 19.4 Å². The van der Waals surface area contributed by atoms with Crippen molar-refractivity contribution in [3.8, 4) is 0 Å². The van der Waals surface area contributed by atoms with E-state index in [1.54, 1.807) is 21.3 Å². The quantitative estimate of drug-likeness (QED) is 0.686. The highest BCUT2D eigenvalue weighted by molar-refractivity contribution is 6.36. The molecule has 0 bridgehead atoms. The predicted octanol–water partition coefficient (Wildman–Crippen LogP) is -0.0240. The summed E-state index contributed by atoms with van der Waals surface area (Å²) in [6, 6.07) is 0.373. The molecule has 6 heteroatoms. The van der Waals surface area contributed by atoms with Gasteiger partial charge in [-0.15, -0.1) is 0 Å². The van der Waals surface area contributed by atoms with Gasteiger partial charge in [-0.1, -0.05) is 0 Å². The van der Waals surface area contributed by atoms with Crippen LogP contribution in [-0.2, 0) is 13.3 Å². The van der Waals surface area contributed by atoms with Crippen LogP contribution in [0.2, 0.25) is 0 Å². The minimum Gasteiger partial charge on any atom is -0.379 e. The number of hydrogen-bond donors (Lipinski definition) is 2. The first-order valence-electron chi connectivity index (χ1n) is 5.70. The first-order chi connectivity index (χ1) is 7.65. The van der Waals surface area contributed by atoms with Crippen molar-refractivity contribution in [1.29, 1.82) is 0 Å². The van der Waals surface area contributed by atoms with Crippen molar-refractivity contribution in [1.82, 2.24) is 5.32 Å². The summed E-state index contributed by atoms with van der Waals surface area (Å²) in [5.74, 6) is 0.721. The predicted molar refractivity (Wildman–Crippen MR) is 67.4 cm³/mol. The summed E-state index contributed by atoms with van der Waals surface area (Å²) in [5.41, 5.74) is 5.73. The molecule has 0 aromatic rings. The fourth-order valence-corrected chi connectivity index (χ4v) is 2.19. The van der Waals surface area contributed by atoms with Gasteiger partial charge in [-0.25, -0.2) is 0 Å². The monoisotopic (exact) mass is 250 g/mol. The van der Waals surface area contributed by atoms with E-state index in [4.69, 9.17) is 19.0 Å². The van der Waals surface area contributed by atoms with Gasteiger partial charge in [-0.3, -0.25) is 0 Å². The molecule has 98 valence electrons. The van der Waals surface area contributed by atoms with Gasteiger partial charge in [-0.05, 0) is 38.8 Å². The highest BCUT2D eigenvalue weighted by Gasteiger charge is 2.15. The molecule has 0 spiro atoms. The lowest BCUT2D eigenvalue weighted by Gasteiger charge is -2.25. The van der Waals surface area contributed by atoms with Crippen molar-refractivity contribution in [2.24, 2.45) is 11.7 Å². The van der Waals surface area contributed by atoms with Crippen LogP contribution in [0.1, 0.15) is 19.8 Å². The maximum Gasteiger partial charge on any atom is 0.483 e. The molecule has 2 atom stereocenters. The Hall–Kier alpha value is 0.0169. The van der Waals surface area contributed by atoms with Gasteiger partial charge >= 0.3 is 9.53 Å². The van der Waals surface area contributed by atoms with E-state index in [9.17, 15) is 0 Å². The molecule has 1 rings (SSSR count). The van der Waals surface area contributed by atoms with Crippen molar-refractivity contribution in [3.05, 3.63) is 0 Å². The Kier molecular flexibility index (Phi) is 10.2. The topological polar surface area (TPSA) is 65.7 Å². The van der Waals surface area contributed by atoms with Crippen LogP contribution in [0.5, 0.6) is 0 Å². The second kappa shape index (κ2) is 10.2. The largest absolute Gasteiger partial charge is 0.483 e. The maximum absolute atomic E-state index is 5.73. The summed E-state index contributed by atoms with van der Waals surface area (Å²) in [5, 5.41) is 3.34. The molecule has 0 amide bonds. The Morgan fingerprint density at radius 2 is 1.81 bits per heavy atom. The highest BCUT2D eigenvalue weighted by Crippen LogP contribution is 2.11. The third-order valence-corrected chi connectivity index (χ3v) is 3.81. The van der Waals surface area contributed by atoms with Gasteiger partial charge < -0.3 is 24.3 Å². The van der Waals surface area contributed by atoms with Crippen LogP contribution in [0.25, 0.3) is 0 Å². The number of nitrogens with one attached hydrogen (secondary N) is 1. The maximum atomic E-state index is 5.73. The molecule has 16 heavy (non-hydrogen) atoms. The molecule has 1 aliphatic heterocycles. The lowest BCUT2D eigenvalue weighted by Crippen LogP contribution is -2.39. The summed E-state index contributed by atoms with van der Waals surface area (Å²) in [7, 11) is 3.05. The molecular weight excluding hydrogens is 224 g/mol. The molecule has 0 saturated carbocycles. The van der Waals surface area contributed by atoms with E-state index in [-0.39, 0.29) is 0 Å². The molecule has 2 unspecified atom stereocenters. The van der Waals surface area contributed by atoms with Gasteiger partial charge in [0.15, 0.2) is 0 Å². The smallest absolute Gasteiger partial charge is 0.379 e.